The van der Waals surface area contributed by atoms with E-state index in [2.05, 4.69) is 4.72 Å². The molecule has 0 spiro atoms. The van der Waals surface area contributed by atoms with Gasteiger partial charge in [0.15, 0.2) is 0 Å². The molecule has 0 fully saturated rings. The largest absolute Gasteiger partial charge is 0.305 e. The molecule has 160 valence electrons. The van der Waals surface area contributed by atoms with Crippen LogP contribution in [0.2, 0.25) is 0 Å². The first-order chi connectivity index (χ1) is 14.8. The maximum atomic E-state index is 13.6. The van der Waals surface area contributed by atoms with E-state index in [4.69, 9.17) is 0 Å². The van der Waals surface area contributed by atoms with Crippen LogP contribution in [0.3, 0.4) is 0 Å². The molecule has 1 atom stereocenters. The van der Waals surface area contributed by atoms with E-state index in [0.29, 0.717) is 11.1 Å². The van der Waals surface area contributed by atoms with E-state index in [0.717, 1.165) is 29.3 Å². The molecule has 1 amide bonds. The monoisotopic (exact) mass is 438 g/mol. The third kappa shape index (κ3) is 4.24. The van der Waals surface area contributed by atoms with Crippen molar-refractivity contribution in [3.63, 3.8) is 0 Å². The Balaban J connectivity index is 1.58. The first-order valence-electron chi connectivity index (χ1n) is 10.0. The normalized spacial score (nSPS) is 15.7. The highest BCUT2D eigenvalue weighted by atomic mass is 32.2. The van der Waals surface area contributed by atoms with E-state index < -0.39 is 15.8 Å². The fourth-order valence-electron chi connectivity index (χ4n) is 3.91. The van der Waals surface area contributed by atoms with E-state index >= 15 is 0 Å². The molecule has 1 unspecified atom stereocenters. The Morgan fingerprint density at radius 3 is 2.58 bits per heavy atom. The number of nitrogens with one attached hydrogen (secondary N) is 1. The van der Waals surface area contributed by atoms with Gasteiger partial charge in [0, 0.05) is 23.8 Å². The van der Waals surface area contributed by atoms with E-state index in [9.17, 15) is 17.6 Å². The number of benzene rings is 3. The maximum absolute atomic E-state index is 13.6. The standard InChI is InChI=1S/C24H23FN2O3S/c1-16-8-11-21(25)14-23(16)31(29,30)26-15-18-9-10-20-12-17(2)27(22(20)13-18)24(28)19-6-4-3-5-7-19/h3-11,13-14,17,26H,12,15H2,1-2H3. The molecule has 0 aromatic heterocycles. The Kier molecular flexibility index (Phi) is 5.64. The number of fused-ring (bicyclic) bond motifs is 1. The van der Waals surface area contributed by atoms with Gasteiger partial charge in [0.1, 0.15) is 5.82 Å². The van der Waals surface area contributed by atoms with Crippen LogP contribution in [0, 0.1) is 12.7 Å². The maximum Gasteiger partial charge on any atom is 0.258 e. The van der Waals surface area contributed by atoms with Gasteiger partial charge >= 0.3 is 0 Å². The summed E-state index contributed by atoms with van der Waals surface area (Å²) < 4.78 is 41.5. The van der Waals surface area contributed by atoms with Gasteiger partial charge < -0.3 is 4.90 Å². The Labute approximate surface area is 181 Å². The van der Waals surface area contributed by atoms with Crippen molar-refractivity contribution < 1.29 is 17.6 Å². The zero-order valence-corrected chi connectivity index (χ0v) is 18.1. The molecule has 1 N–H and O–H groups in total. The van der Waals surface area contributed by atoms with Crippen molar-refractivity contribution in [2.75, 3.05) is 4.90 Å². The topological polar surface area (TPSA) is 66.5 Å². The van der Waals surface area contributed by atoms with Gasteiger partial charge in [-0.25, -0.2) is 17.5 Å². The second-order valence-electron chi connectivity index (χ2n) is 7.79. The second-order valence-corrected chi connectivity index (χ2v) is 9.53. The minimum absolute atomic E-state index is 0.00425. The lowest BCUT2D eigenvalue weighted by molar-refractivity contribution is 0.0981. The Bertz CT molecular complexity index is 1240. The van der Waals surface area contributed by atoms with Crippen molar-refractivity contribution in [3.05, 3.63) is 94.8 Å². The van der Waals surface area contributed by atoms with Gasteiger partial charge in [-0.2, -0.15) is 0 Å². The Hall–Kier alpha value is -3.03. The average Bonchev–Trinajstić information content (AvgIpc) is 3.09. The van der Waals surface area contributed by atoms with Gasteiger partial charge in [-0.1, -0.05) is 36.4 Å². The van der Waals surface area contributed by atoms with E-state index in [-0.39, 0.29) is 23.4 Å². The lowest BCUT2D eigenvalue weighted by Gasteiger charge is -2.23. The van der Waals surface area contributed by atoms with Crippen LogP contribution < -0.4 is 9.62 Å². The van der Waals surface area contributed by atoms with E-state index in [1.54, 1.807) is 24.0 Å². The molecule has 1 aliphatic rings. The summed E-state index contributed by atoms with van der Waals surface area (Å²) in [7, 11) is -3.88. The number of rotatable bonds is 5. The molecule has 31 heavy (non-hydrogen) atoms. The summed E-state index contributed by atoms with van der Waals surface area (Å²) in [4.78, 5) is 14.8. The summed E-state index contributed by atoms with van der Waals surface area (Å²) in [5, 5.41) is 0. The lowest BCUT2D eigenvalue weighted by Crippen LogP contribution is -2.35. The number of carbonyl (C=O) groups is 1. The SMILES string of the molecule is Cc1ccc(F)cc1S(=O)(=O)NCc1ccc2c(c1)N(C(=O)c1ccccc1)C(C)C2. The Morgan fingerprint density at radius 2 is 1.84 bits per heavy atom. The highest BCUT2D eigenvalue weighted by molar-refractivity contribution is 7.89. The molecule has 0 saturated heterocycles. The smallest absolute Gasteiger partial charge is 0.258 e. The van der Waals surface area contributed by atoms with Crippen LogP contribution in [-0.2, 0) is 23.0 Å². The van der Waals surface area contributed by atoms with Crippen LogP contribution in [0.15, 0.2) is 71.6 Å². The number of anilines is 1. The third-order valence-electron chi connectivity index (χ3n) is 5.51. The number of amides is 1. The fraction of sp³-hybridized carbons (Fsp3) is 0.208. The Morgan fingerprint density at radius 1 is 1.10 bits per heavy atom. The minimum Gasteiger partial charge on any atom is -0.305 e. The number of halogens is 1. The molecule has 0 saturated carbocycles. The quantitative estimate of drug-likeness (QED) is 0.649. The third-order valence-corrected chi connectivity index (χ3v) is 7.05. The molecule has 4 rings (SSSR count). The molecule has 7 heteroatoms. The number of carbonyl (C=O) groups excluding carboxylic acids is 1. The van der Waals surface area contributed by atoms with Crippen molar-refractivity contribution in [1.82, 2.24) is 4.72 Å². The summed E-state index contributed by atoms with van der Waals surface area (Å²) >= 11 is 0. The van der Waals surface area contributed by atoms with E-state index in [1.165, 1.54) is 12.1 Å². The van der Waals surface area contributed by atoms with Crippen LogP contribution >= 0.6 is 0 Å². The van der Waals surface area contributed by atoms with Crippen LogP contribution in [0.5, 0.6) is 0 Å². The van der Waals surface area contributed by atoms with Gasteiger partial charge in [-0.05, 0) is 67.3 Å². The zero-order chi connectivity index (χ0) is 22.2. The van der Waals surface area contributed by atoms with Crippen LogP contribution in [0.4, 0.5) is 10.1 Å². The predicted molar refractivity (Wildman–Crippen MR) is 118 cm³/mol. The van der Waals surface area contributed by atoms with Gasteiger partial charge in [-0.15, -0.1) is 0 Å². The van der Waals surface area contributed by atoms with Gasteiger partial charge in [0.05, 0.1) is 4.90 Å². The van der Waals surface area contributed by atoms with Crippen molar-refractivity contribution in [1.29, 1.82) is 0 Å². The first-order valence-corrected chi connectivity index (χ1v) is 11.5. The predicted octanol–water partition coefficient (Wildman–Crippen LogP) is 4.20. The summed E-state index contributed by atoms with van der Waals surface area (Å²) in [6.07, 6.45) is 0.738. The molecule has 0 radical (unpaired) electrons. The van der Waals surface area contributed by atoms with Gasteiger partial charge in [-0.3, -0.25) is 4.79 Å². The van der Waals surface area contributed by atoms with Crippen LogP contribution in [0.1, 0.15) is 34.0 Å². The zero-order valence-electron chi connectivity index (χ0n) is 17.3. The molecular weight excluding hydrogens is 415 g/mol. The molecule has 1 aliphatic heterocycles. The minimum atomic E-state index is -3.88. The van der Waals surface area contributed by atoms with Crippen molar-refractivity contribution in [2.45, 2.75) is 37.8 Å². The lowest BCUT2D eigenvalue weighted by atomic mass is 10.1. The molecule has 5 nitrogen and oxygen atoms in total. The van der Waals surface area contributed by atoms with E-state index in [1.807, 2.05) is 43.3 Å². The van der Waals surface area contributed by atoms with Crippen molar-refractivity contribution in [3.8, 4) is 0 Å². The van der Waals surface area contributed by atoms with Crippen LogP contribution in [0.25, 0.3) is 0 Å². The molecule has 3 aromatic rings. The highest BCUT2D eigenvalue weighted by Crippen LogP contribution is 2.34. The first kappa shape index (κ1) is 21.2. The highest BCUT2D eigenvalue weighted by Gasteiger charge is 2.31. The summed E-state index contributed by atoms with van der Waals surface area (Å²) in [5.74, 6) is -0.687. The average molecular weight is 439 g/mol. The summed E-state index contributed by atoms with van der Waals surface area (Å²) in [5.41, 5.74) is 3.63. The number of hydrogen-bond acceptors (Lipinski definition) is 3. The second kappa shape index (κ2) is 8.24. The van der Waals surface area contributed by atoms with Gasteiger partial charge in [0.25, 0.3) is 5.91 Å². The summed E-state index contributed by atoms with van der Waals surface area (Å²) in [6.45, 7) is 3.65. The molecule has 1 heterocycles. The van der Waals surface area contributed by atoms with Crippen molar-refractivity contribution >= 4 is 21.6 Å². The molecule has 3 aromatic carbocycles. The number of nitrogens with zero attached hydrogens (tertiary/aromatic N) is 1. The van der Waals surface area contributed by atoms with Crippen LogP contribution in [-0.4, -0.2) is 20.4 Å². The molecule has 0 aliphatic carbocycles. The van der Waals surface area contributed by atoms with Crippen molar-refractivity contribution in [2.24, 2.45) is 0 Å². The molecule has 0 bridgehead atoms. The number of aryl methyl sites for hydroxylation is 1. The number of hydrogen-bond donors (Lipinski definition) is 1. The number of sulfonamides is 1. The fourth-order valence-corrected chi connectivity index (χ4v) is 5.18. The molecular formula is C24H23FN2O3S. The van der Waals surface area contributed by atoms with Gasteiger partial charge in [0.2, 0.25) is 10.0 Å². The summed E-state index contributed by atoms with van der Waals surface area (Å²) in [6, 6.07) is 18.4.